The lowest BCUT2D eigenvalue weighted by Crippen LogP contribution is -2.36. The molecular weight excluding hydrogens is 408 g/mol. The standard InChI is InChI=1S/C27H36N6/c1-20-24-12-9-16-32(17-14-22-10-5-4-6-11-22)27(24)30-26(29-20)25-13-7-8-15-33(25)19-23-18-28-31(3)21(23)2/h4-6,10-11,18,25H,7-9,12-17,19H2,1-3H3/t25-/m0/s1. The molecule has 1 atom stereocenters. The third-order valence-corrected chi connectivity index (χ3v) is 7.50. The smallest absolute Gasteiger partial charge is 0.148 e. The number of likely N-dealkylation sites (tertiary alicyclic amines) is 1. The molecule has 174 valence electrons. The highest BCUT2D eigenvalue weighted by Gasteiger charge is 2.30. The predicted molar refractivity (Wildman–Crippen MR) is 132 cm³/mol. The van der Waals surface area contributed by atoms with Gasteiger partial charge in [0, 0.05) is 49.2 Å². The summed E-state index contributed by atoms with van der Waals surface area (Å²) in [6.45, 7) is 8.45. The number of hydrogen-bond donors (Lipinski definition) is 0. The fraction of sp³-hybridized carbons (Fsp3) is 0.519. The van der Waals surface area contributed by atoms with E-state index in [0.717, 1.165) is 51.3 Å². The molecule has 2 aromatic heterocycles. The molecule has 0 spiro atoms. The molecule has 5 rings (SSSR count). The van der Waals surface area contributed by atoms with Crippen LogP contribution in [0.15, 0.2) is 36.5 Å². The van der Waals surface area contributed by atoms with Gasteiger partial charge in [0.25, 0.3) is 0 Å². The Morgan fingerprint density at radius 1 is 1.00 bits per heavy atom. The average Bonchev–Trinajstić information content (AvgIpc) is 3.16. The van der Waals surface area contributed by atoms with Crippen LogP contribution >= 0.6 is 0 Å². The summed E-state index contributed by atoms with van der Waals surface area (Å²) in [4.78, 5) is 15.4. The first-order chi connectivity index (χ1) is 16.1. The van der Waals surface area contributed by atoms with Crippen molar-refractivity contribution in [1.29, 1.82) is 0 Å². The number of fused-ring (bicyclic) bond motifs is 1. The molecule has 0 amide bonds. The number of hydrogen-bond acceptors (Lipinski definition) is 5. The number of piperidine rings is 1. The lowest BCUT2D eigenvalue weighted by atomic mass is 9.98. The summed E-state index contributed by atoms with van der Waals surface area (Å²) >= 11 is 0. The van der Waals surface area contributed by atoms with E-state index in [1.165, 1.54) is 53.2 Å². The third-order valence-electron chi connectivity index (χ3n) is 7.50. The molecule has 33 heavy (non-hydrogen) atoms. The van der Waals surface area contributed by atoms with Gasteiger partial charge in [-0.3, -0.25) is 9.58 Å². The van der Waals surface area contributed by atoms with Crippen molar-refractivity contribution in [2.24, 2.45) is 7.05 Å². The maximum Gasteiger partial charge on any atom is 0.148 e. The zero-order valence-electron chi connectivity index (χ0n) is 20.3. The van der Waals surface area contributed by atoms with Crippen molar-refractivity contribution in [3.8, 4) is 0 Å². The van der Waals surface area contributed by atoms with E-state index in [0.29, 0.717) is 0 Å². The van der Waals surface area contributed by atoms with Crippen LogP contribution in [0.2, 0.25) is 0 Å². The van der Waals surface area contributed by atoms with Crippen LogP contribution < -0.4 is 4.90 Å². The summed E-state index contributed by atoms with van der Waals surface area (Å²) in [5, 5.41) is 4.46. The average molecular weight is 445 g/mol. The number of aromatic nitrogens is 4. The SMILES string of the molecule is Cc1nc([C@@H]2CCCCN2Cc2cnn(C)c2C)nc2c1CCCN2CCc1ccccc1. The minimum Gasteiger partial charge on any atom is -0.356 e. The Labute approximate surface area is 197 Å². The van der Waals surface area contributed by atoms with Crippen molar-refractivity contribution >= 4 is 5.82 Å². The van der Waals surface area contributed by atoms with Crippen LogP contribution in [0.5, 0.6) is 0 Å². The minimum atomic E-state index is 0.278. The Bertz CT molecular complexity index is 1090. The van der Waals surface area contributed by atoms with E-state index in [9.17, 15) is 0 Å². The van der Waals surface area contributed by atoms with E-state index in [-0.39, 0.29) is 6.04 Å². The van der Waals surface area contributed by atoms with Gasteiger partial charge in [-0.2, -0.15) is 5.10 Å². The molecule has 0 radical (unpaired) electrons. The van der Waals surface area contributed by atoms with Gasteiger partial charge in [0.1, 0.15) is 11.6 Å². The van der Waals surface area contributed by atoms with E-state index < -0.39 is 0 Å². The lowest BCUT2D eigenvalue weighted by molar-refractivity contribution is 0.133. The molecule has 0 N–H and O–H groups in total. The number of benzene rings is 1. The van der Waals surface area contributed by atoms with Gasteiger partial charge in [-0.25, -0.2) is 9.97 Å². The summed E-state index contributed by atoms with van der Waals surface area (Å²) in [5.74, 6) is 2.20. The summed E-state index contributed by atoms with van der Waals surface area (Å²) in [6.07, 6.45) is 8.95. The molecule has 0 saturated carbocycles. The minimum absolute atomic E-state index is 0.278. The Hall–Kier alpha value is -2.73. The van der Waals surface area contributed by atoms with Crippen LogP contribution in [0, 0.1) is 13.8 Å². The van der Waals surface area contributed by atoms with Crippen LogP contribution in [0.4, 0.5) is 5.82 Å². The lowest BCUT2D eigenvalue weighted by Gasteiger charge is -2.36. The van der Waals surface area contributed by atoms with Crippen LogP contribution in [0.1, 0.15) is 65.6 Å². The summed E-state index contributed by atoms with van der Waals surface area (Å²) < 4.78 is 1.97. The van der Waals surface area contributed by atoms with E-state index in [1.54, 1.807) is 0 Å². The van der Waals surface area contributed by atoms with Crippen molar-refractivity contribution in [1.82, 2.24) is 24.6 Å². The highest BCUT2D eigenvalue weighted by atomic mass is 15.3. The second-order valence-electron chi connectivity index (χ2n) is 9.66. The van der Waals surface area contributed by atoms with Crippen LogP contribution in [-0.4, -0.2) is 44.3 Å². The third kappa shape index (κ3) is 4.67. The zero-order chi connectivity index (χ0) is 22.8. The molecule has 0 aliphatic carbocycles. The molecule has 0 bridgehead atoms. The van der Waals surface area contributed by atoms with Gasteiger partial charge >= 0.3 is 0 Å². The molecule has 6 heteroatoms. The Balaban J connectivity index is 1.40. The first kappa shape index (κ1) is 22.1. The summed E-state index contributed by atoms with van der Waals surface area (Å²) in [6, 6.07) is 11.1. The largest absolute Gasteiger partial charge is 0.356 e. The molecule has 6 nitrogen and oxygen atoms in total. The molecule has 1 fully saturated rings. The highest BCUT2D eigenvalue weighted by molar-refractivity contribution is 5.51. The number of rotatable bonds is 6. The van der Waals surface area contributed by atoms with Gasteiger partial charge in [-0.15, -0.1) is 0 Å². The predicted octanol–water partition coefficient (Wildman–Crippen LogP) is 4.55. The fourth-order valence-electron chi connectivity index (χ4n) is 5.38. The number of aryl methyl sites for hydroxylation is 2. The van der Waals surface area contributed by atoms with Gasteiger partial charge in [0.15, 0.2) is 0 Å². The van der Waals surface area contributed by atoms with Crippen molar-refractivity contribution in [2.75, 3.05) is 24.5 Å². The maximum absolute atomic E-state index is 5.26. The molecule has 2 aliphatic rings. The second kappa shape index (κ2) is 9.64. The van der Waals surface area contributed by atoms with Crippen molar-refractivity contribution in [3.05, 3.63) is 70.4 Å². The highest BCUT2D eigenvalue weighted by Crippen LogP contribution is 2.34. The van der Waals surface area contributed by atoms with E-state index >= 15 is 0 Å². The first-order valence-electron chi connectivity index (χ1n) is 12.5. The van der Waals surface area contributed by atoms with Gasteiger partial charge in [0.2, 0.25) is 0 Å². The summed E-state index contributed by atoms with van der Waals surface area (Å²) in [7, 11) is 2.02. The maximum atomic E-state index is 5.26. The second-order valence-corrected chi connectivity index (χ2v) is 9.66. The van der Waals surface area contributed by atoms with Crippen molar-refractivity contribution in [3.63, 3.8) is 0 Å². The number of anilines is 1. The number of nitrogens with zero attached hydrogens (tertiary/aromatic N) is 6. The molecule has 3 aromatic rings. The first-order valence-corrected chi connectivity index (χ1v) is 12.5. The van der Waals surface area contributed by atoms with Gasteiger partial charge in [0.05, 0.1) is 12.2 Å². The molecule has 1 saturated heterocycles. The topological polar surface area (TPSA) is 50.1 Å². The molecule has 0 unspecified atom stereocenters. The Kier molecular flexibility index (Phi) is 6.45. The molecule has 2 aliphatic heterocycles. The Morgan fingerprint density at radius 3 is 2.64 bits per heavy atom. The normalized spacial score (nSPS) is 19.0. The molecule has 4 heterocycles. The van der Waals surface area contributed by atoms with Gasteiger partial charge in [-0.1, -0.05) is 36.8 Å². The molecule has 1 aromatic carbocycles. The van der Waals surface area contributed by atoms with Gasteiger partial charge in [-0.05, 0) is 58.1 Å². The van der Waals surface area contributed by atoms with Gasteiger partial charge < -0.3 is 4.90 Å². The van der Waals surface area contributed by atoms with Crippen molar-refractivity contribution < 1.29 is 0 Å². The van der Waals surface area contributed by atoms with E-state index in [4.69, 9.17) is 9.97 Å². The quantitative estimate of drug-likeness (QED) is 0.558. The van der Waals surface area contributed by atoms with E-state index in [2.05, 4.69) is 59.1 Å². The van der Waals surface area contributed by atoms with Crippen LogP contribution in [0.25, 0.3) is 0 Å². The monoisotopic (exact) mass is 444 g/mol. The fourth-order valence-corrected chi connectivity index (χ4v) is 5.38. The van der Waals surface area contributed by atoms with Crippen molar-refractivity contribution in [2.45, 2.75) is 65.0 Å². The Morgan fingerprint density at radius 2 is 1.85 bits per heavy atom. The van der Waals surface area contributed by atoms with E-state index in [1.807, 2.05) is 17.9 Å². The summed E-state index contributed by atoms with van der Waals surface area (Å²) in [5.41, 5.74) is 6.46. The molecular formula is C27H36N6. The zero-order valence-corrected chi connectivity index (χ0v) is 20.3. The van der Waals surface area contributed by atoms with Crippen LogP contribution in [-0.2, 0) is 26.4 Å². The van der Waals surface area contributed by atoms with Crippen LogP contribution in [0.3, 0.4) is 0 Å².